The van der Waals surface area contributed by atoms with Crippen molar-refractivity contribution in [2.75, 3.05) is 0 Å². The van der Waals surface area contributed by atoms with Crippen molar-refractivity contribution in [3.63, 3.8) is 0 Å². The summed E-state index contributed by atoms with van der Waals surface area (Å²) in [6, 6.07) is 47.1. The fraction of sp³-hybridized carbons (Fsp3) is 0.0952. The molecule has 232 valence electrons. The molecule has 0 saturated heterocycles. The molecule has 2 N–H and O–H groups in total. The largest absolute Gasteiger partial charge is 0.507 e. The summed E-state index contributed by atoms with van der Waals surface area (Å²) in [6.07, 6.45) is 0. The highest BCUT2D eigenvalue weighted by atomic mass is 16.5. The van der Waals surface area contributed by atoms with Crippen LogP contribution in [0, 0.1) is 0 Å². The van der Waals surface area contributed by atoms with Gasteiger partial charge in [-0.25, -0.2) is 0 Å². The van der Waals surface area contributed by atoms with Crippen molar-refractivity contribution < 1.29 is 24.4 Å². The Bertz CT molecular complexity index is 2080. The van der Waals surface area contributed by atoms with Crippen LogP contribution in [0.25, 0.3) is 32.7 Å². The number of phenolic OH excluding ortho intramolecular Hbond substituents is 2. The number of fused-ring (bicyclic) bond motifs is 2. The monoisotopic (exact) mass is 618 g/mol. The maximum Gasteiger partial charge on any atom is 0.129 e. The molecular formula is C42H34O5. The van der Waals surface area contributed by atoms with E-state index in [1.807, 2.05) is 140 Å². The zero-order valence-corrected chi connectivity index (χ0v) is 25.8. The maximum absolute atomic E-state index is 11.7. The number of aromatic hydroxyl groups is 2. The van der Waals surface area contributed by atoms with Gasteiger partial charge in [0.1, 0.15) is 36.2 Å². The molecule has 7 aromatic carbocycles. The molecule has 0 radical (unpaired) electrons. The Labute approximate surface area is 273 Å². The third-order valence-electron chi connectivity index (χ3n) is 8.22. The first-order valence-electron chi connectivity index (χ1n) is 15.6. The predicted octanol–water partition coefficient (Wildman–Crippen LogP) is 9.95. The molecule has 0 atom stereocenters. The molecule has 47 heavy (non-hydrogen) atoms. The van der Waals surface area contributed by atoms with E-state index in [4.69, 9.17) is 14.2 Å². The first kappa shape index (κ1) is 29.9. The number of phenols is 2. The first-order valence-corrected chi connectivity index (χ1v) is 15.6. The fourth-order valence-electron chi connectivity index (χ4n) is 5.92. The lowest BCUT2D eigenvalue weighted by molar-refractivity contribution is 0.105. The van der Waals surface area contributed by atoms with E-state index < -0.39 is 0 Å². The summed E-state index contributed by atoms with van der Waals surface area (Å²) in [6.45, 7) is 1.28. The Morgan fingerprint density at radius 3 is 1.62 bits per heavy atom. The average Bonchev–Trinajstić information content (AvgIpc) is 3.11. The Balaban J connectivity index is 1.16. The van der Waals surface area contributed by atoms with Gasteiger partial charge in [-0.2, -0.15) is 0 Å². The topological polar surface area (TPSA) is 68.2 Å². The van der Waals surface area contributed by atoms with Crippen molar-refractivity contribution in [1.82, 2.24) is 0 Å². The van der Waals surface area contributed by atoms with Crippen LogP contribution in [0.15, 0.2) is 146 Å². The van der Waals surface area contributed by atoms with Crippen molar-refractivity contribution in [1.29, 1.82) is 0 Å². The third-order valence-corrected chi connectivity index (χ3v) is 8.22. The van der Waals surface area contributed by atoms with E-state index in [2.05, 4.69) is 0 Å². The Morgan fingerprint density at radius 1 is 0.426 bits per heavy atom. The fourth-order valence-corrected chi connectivity index (χ4v) is 5.92. The lowest BCUT2D eigenvalue weighted by Crippen LogP contribution is -2.01. The zero-order valence-electron chi connectivity index (χ0n) is 25.8. The second kappa shape index (κ2) is 13.7. The Morgan fingerprint density at radius 2 is 0.979 bits per heavy atom. The minimum absolute atomic E-state index is 0.0854. The number of hydrogen-bond donors (Lipinski definition) is 2. The quantitative estimate of drug-likeness (QED) is 0.151. The summed E-state index contributed by atoms with van der Waals surface area (Å²) in [7, 11) is 0. The zero-order chi connectivity index (χ0) is 32.0. The molecule has 0 aromatic heterocycles. The summed E-state index contributed by atoms with van der Waals surface area (Å²) >= 11 is 0. The molecule has 7 rings (SSSR count). The van der Waals surface area contributed by atoms with Crippen LogP contribution in [0.5, 0.6) is 23.0 Å². The van der Waals surface area contributed by atoms with Crippen LogP contribution in [-0.2, 0) is 31.2 Å². The van der Waals surface area contributed by atoms with Gasteiger partial charge in [0.25, 0.3) is 0 Å². The standard InChI is InChI=1S/C42H34O5/c43-39-20-19-32-15-7-9-17-37(32)40(39)41-38-18-10-8-16-33(38)23-34(42(41)44)28-45-25-31-21-35(46-26-29-11-3-1-4-12-29)24-36(22-31)47-27-30-13-5-2-6-14-30/h1-24,43-44H,25-28H2. The van der Waals surface area contributed by atoms with Gasteiger partial charge in [-0.15, -0.1) is 0 Å². The number of hydrogen-bond acceptors (Lipinski definition) is 5. The van der Waals surface area contributed by atoms with Crippen molar-refractivity contribution in [3.05, 3.63) is 168 Å². The molecule has 0 aliphatic heterocycles. The second-order valence-corrected chi connectivity index (χ2v) is 11.5. The maximum atomic E-state index is 11.7. The van der Waals surface area contributed by atoms with E-state index in [-0.39, 0.29) is 24.7 Å². The van der Waals surface area contributed by atoms with Crippen LogP contribution in [0.2, 0.25) is 0 Å². The first-order chi connectivity index (χ1) is 23.1. The summed E-state index contributed by atoms with van der Waals surface area (Å²) in [5.74, 6) is 1.56. The minimum atomic E-state index is 0.0854. The van der Waals surface area contributed by atoms with Gasteiger partial charge >= 0.3 is 0 Å². The molecule has 0 amide bonds. The highest BCUT2D eigenvalue weighted by Gasteiger charge is 2.20. The van der Waals surface area contributed by atoms with Gasteiger partial charge < -0.3 is 24.4 Å². The molecule has 5 nitrogen and oxygen atoms in total. The van der Waals surface area contributed by atoms with Crippen LogP contribution in [-0.4, -0.2) is 10.2 Å². The predicted molar refractivity (Wildman–Crippen MR) is 187 cm³/mol. The van der Waals surface area contributed by atoms with Gasteiger partial charge in [-0.05, 0) is 62.5 Å². The lowest BCUT2D eigenvalue weighted by atomic mass is 9.90. The lowest BCUT2D eigenvalue weighted by Gasteiger charge is -2.17. The van der Waals surface area contributed by atoms with Crippen LogP contribution in [0.4, 0.5) is 0 Å². The van der Waals surface area contributed by atoms with E-state index in [9.17, 15) is 10.2 Å². The van der Waals surface area contributed by atoms with Crippen LogP contribution < -0.4 is 9.47 Å². The molecule has 0 aliphatic rings. The molecule has 0 saturated carbocycles. The van der Waals surface area contributed by atoms with E-state index in [1.165, 1.54) is 0 Å². The van der Waals surface area contributed by atoms with Crippen LogP contribution in [0.3, 0.4) is 0 Å². The van der Waals surface area contributed by atoms with Crippen molar-refractivity contribution in [2.24, 2.45) is 0 Å². The number of ether oxygens (including phenoxy) is 3. The van der Waals surface area contributed by atoms with Gasteiger partial charge in [0.2, 0.25) is 0 Å². The van der Waals surface area contributed by atoms with Crippen LogP contribution in [0.1, 0.15) is 22.3 Å². The van der Waals surface area contributed by atoms with Crippen LogP contribution >= 0.6 is 0 Å². The highest BCUT2D eigenvalue weighted by molar-refractivity contribution is 6.10. The summed E-state index contributed by atoms with van der Waals surface area (Å²) in [5.41, 5.74) is 4.83. The van der Waals surface area contributed by atoms with E-state index in [0.717, 1.165) is 38.2 Å². The number of benzene rings is 7. The second-order valence-electron chi connectivity index (χ2n) is 11.5. The molecule has 0 heterocycles. The van der Waals surface area contributed by atoms with Gasteiger partial charge in [-0.3, -0.25) is 0 Å². The highest BCUT2D eigenvalue weighted by Crippen LogP contribution is 2.46. The van der Waals surface area contributed by atoms with Gasteiger partial charge in [0.15, 0.2) is 0 Å². The summed E-state index contributed by atoms with van der Waals surface area (Å²) in [5, 5.41) is 26.4. The molecule has 0 fully saturated rings. The summed E-state index contributed by atoms with van der Waals surface area (Å²) < 4.78 is 18.6. The van der Waals surface area contributed by atoms with E-state index in [0.29, 0.717) is 41.4 Å². The number of rotatable bonds is 11. The molecule has 0 unspecified atom stereocenters. The molecule has 0 spiro atoms. The van der Waals surface area contributed by atoms with Gasteiger partial charge in [-0.1, -0.05) is 115 Å². The molecule has 5 heteroatoms. The van der Waals surface area contributed by atoms with E-state index >= 15 is 0 Å². The smallest absolute Gasteiger partial charge is 0.129 e. The Kier molecular flexibility index (Phi) is 8.71. The third kappa shape index (κ3) is 6.76. The minimum Gasteiger partial charge on any atom is -0.507 e. The summed E-state index contributed by atoms with van der Waals surface area (Å²) in [4.78, 5) is 0. The molecular weight excluding hydrogens is 584 g/mol. The molecule has 0 bridgehead atoms. The van der Waals surface area contributed by atoms with Gasteiger partial charge in [0, 0.05) is 22.8 Å². The van der Waals surface area contributed by atoms with Crippen molar-refractivity contribution >= 4 is 21.5 Å². The van der Waals surface area contributed by atoms with Crippen molar-refractivity contribution in [3.8, 4) is 34.1 Å². The van der Waals surface area contributed by atoms with Crippen molar-refractivity contribution in [2.45, 2.75) is 26.4 Å². The van der Waals surface area contributed by atoms with E-state index in [1.54, 1.807) is 6.07 Å². The molecule has 0 aliphatic carbocycles. The SMILES string of the molecule is Oc1ccc2ccccc2c1-c1c(O)c(COCc2cc(OCc3ccccc3)cc(OCc3ccccc3)c2)cc2ccccc12. The molecule has 7 aromatic rings. The Hall–Kier alpha value is -5.78. The normalized spacial score (nSPS) is 11.1. The van der Waals surface area contributed by atoms with Gasteiger partial charge in [0.05, 0.1) is 13.2 Å². The average molecular weight is 619 g/mol.